The van der Waals surface area contributed by atoms with Gasteiger partial charge in [0.05, 0.1) is 23.3 Å². The molecule has 0 aliphatic carbocycles. The Morgan fingerprint density at radius 3 is 2.89 bits per heavy atom. The number of aliphatic hydroxyl groups is 1. The molecule has 3 rings (SSSR count). The molecular weight excluding hydrogens is 242 g/mol. The molecule has 1 aromatic carbocycles. The van der Waals surface area contributed by atoms with Crippen LogP contribution in [0.5, 0.6) is 0 Å². The minimum absolute atomic E-state index is 0.125. The summed E-state index contributed by atoms with van der Waals surface area (Å²) in [6, 6.07) is 7.36. The molecule has 0 amide bonds. The first kappa shape index (κ1) is 11.6. The molecule has 0 bridgehead atoms. The van der Waals surface area contributed by atoms with Crippen molar-refractivity contribution in [1.82, 2.24) is 19.5 Å². The van der Waals surface area contributed by atoms with Crippen molar-refractivity contribution in [1.29, 1.82) is 0 Å². The molecule has 3 aromatic rings. The largest absolute Gasteiger partial charge is 0.399 e. The molecule has 2 heterocycles. The van der Waals surface area contributed by atoms with Crippen molar-refractivity contribution in [2.45, 2.75) is 13.2 Å². The van der Waals surface area contributed by atoms with E-state index in [2.05, 4.69) is 15.0 Å². The van der Waals surface area contributed by atoms with E-state index < -0.39 is 0 Å². The molecule has 0 atom stereocenters. The van der Waals surface area contributed by atoms with E-state index in [4.69, 9.17) is 5.73 Å². The molecule has 6 nitrogen and oxygen atoms in total. The Labute approximate surface area is 109 Å². The predicted molar refractivity (Wildman–Crippen MR) is 71.2 cm³/mol. The van der Waals surface area contributed by atoms with Gasteiger partial charge >= 0.3 is 0 Å². The Morgan fingerprint density at radius 1 is 1.26 bits per heavy atom. The SMILES string of the molecule is Nc1ccc2c(c1)nc(CO)n2Cc1ccncn1. The van der Waals surface area contributed by atoms with E-state index in [0.717, 1.165) is 16.7 Å². The lowest BCUT2D eigenvalue weighted by Crippen LogP contribution is -2.06. The van der Waals surface area contributed by atoms with Crippen LogP contribution in [0.4, 0.5) is 5.69 Å². The number of anilines is 1. The van der Waals surface area contributed by atoms with Crippen LogP contribution in [-0.4, -0.2) is 24.6 Å². The summed E-state index contributed by atoms with van der Waals surface area (Å²) in [6.45, 7) is 0.415. The summed E-state index contributed by atoms with van der Waals surface area (Å²) in [5.74, 6) is 0.596. The number of rotatable bonds is 3. The number of hydrogen-bond donors (Lipinski definition) is 2. The van der Waals surface area contributed by atoms with Gasteiger partial charge in [-0.1, -0.05) is 0 Å². The number of nitrogen functional groups attached to an aromatic ring is 1. The highest BCUT2D eigenvalue weighted by Crippen LogP contribution is 2.20. The third-order valence-corrected chi connectivity index (χ3v) is 2.96. The zero-order chi connectivity index (χ0) is 13.2. The molecule has 0 unspecified atom stereocenters. The van der Waals surface area contributed by atoms with Gasteiger partial charge in [0.15, 0.2) is 0 Å². The van der Waals surface area contributed by atoms with Crippen LogP contribution in [0.15, 0.2) is 36.8 Å². The second-order valence-electron chi connectivity index (χ2n) is 4.22. The number of aromatic nitrogens is 4. The lowest BCUT2D eigenvalue weighted by molar-refractivity contribution is 0.267. The van der Waals surface area contributed by atoms with E-state index >= 15 is 0 Å². The Kier molecular flexibility index (Phi) is 2.85. The maximum atomic E-state index is 9.42. The number of fused-ring (bicyclic) bond motifs is 1. The van der Waals surface area contributed by atoms with Crippen LogP contribution in [0.25, 0.3) is 11.0 Å². The molecule has 0 aliphatic rings. The van der Waals surface area contributed by atoms with Crippen LogP contribution in [0.3, 0.4) is 0 Å². The van der Waals surface area contributed by atoms with Gasteiger partial charge in [0.1, 0.15) is 18.8 Å². The molecule has 0 fully saturated rings. The van der Waals surface area contributed by atoms with Crippen molar-refractivity contribution in [3.63, 3.8) is 0 Å². The summed E-state index contributed by atoms with van der Waals surface area (Å²) < 4.78 is 1.93. The minimum Gasteiger partial charge on any atom is -0.399 e. The van der Waals surface area contributed by atoms with Crippen molar-refractivity contribution in [3.05, 3.63) is 48.3 Å². The van der Waals surface area contributed by atoms with E-state index in [0.29, 0.717) is 18.1 Å². The van der Waals surface area contributed by atoms with Crippen LogP contribution in [0.1, 0.15) is 11.5 Å². The quantitative estimate of drug-likeness (QED) is 0.680. The van der Waals surface area contributed by atoms with E-state index in [1.807, 2.05) is 22.8 Å². The summed E-state index contributed by atoms with van der Waals surface area (Å²) in [5.41, 5.74) is 8.97. The van der Waals surface area contributed by atoms with Gasteiger partial charge in [-0.05, 0) is 24.3 Å². The molecule has 6 heteroatoms. The molecule has 0 saturated carbocycles. The highest BCUT2D eigenvalue weighted by atomic mass is 16.3. The molecule has 0 aliphatic heterocycles. The number of benzene rings is 1. The molecule has 96 valence electrons. The van der Waals surface area contributed by atoms with Crippen molar-refractivity contribution in [2.24, 2.45) is 0 Å². The Balaban J connectivity index is 2.11. The second kappa shape index (κ2) is 4.66. The standard InChI is InChI=1S/C13H13N5O/c14-9-1-2-12-11(5-9)17-13(7-19)18(12)6-10-3-4-15-8-16-10/h1-5,8,19H,6-7,14H2. The van der Waals surface area contributed by atoms with E-state index in [1.165, 1.54) is 6.33 Å². The smallest absolute Gasteiger partial charge is 0.136 e. The number of imidazole rings is 1. The topological polar surface area (TPSA) is 89.8 Å². The lowest BCUT2D eigenvalue weighted by Gasteiger charge is -2.07. The van der Waals surface area contributed by atoms with Crippen molar-refractivity contribution in [3.8, 4) is 0 Å². The third kappa shape index (κ3) is 2.13. The normalized spacial score (nSPS) is 11.0. The maximum Gasteiger partial charge on any atom is 0.136 e. The number of nitrogens with zero attached hydrogens (tertiary/aromatic N) is 4. The average molecular weight is 255 g/mol. The minimum atomic E-state index is -0.125. The Morgan fingerprint density at radius 2 is 2.16 bits per heavy atom. The Hall–Kier alpha value is -2.47. The first-order valence-electron chi connectivity index (χ1n) is 5.88. The fourth-order valence-corrected chi connectivity index (χ4v) is 2.07. The zero-order valence-corrected chi connectivity index (χ0v) is 10.2. The fourth-order valence-electron chi connectivity index (χ4n) is 2.07. The molecule has 0 radical (unpaired) electrons. The maximum absolute atomic E-state index is 9.42. The van der Waals surface area contributed by atoms with Crippen LogP contribution >= 0.6 is 0 Å². The highest BCUT2D eigenvalue weighted by molar-refractivity contribution is 5.79. The summed E-state index contributed by atoms with van der Waals surface area (Å²) in [5, 5.41) is 9.42. The van der Waals surface area contributed by atoms with Crippen molar-refractivity contribution >= 4 is 16.7 Å². The van der Waals surface area contributed by atoms with Gasteiger partial charge in [0.2, 0.25) is 0 Å². The van der Waals surface area contributed by atoms with Gasteiger partial charge < -0.3 is 15.4 Å². The van der Waals surface area contributed by atoms with E-state index in [1.54, 1.807) is 12.3 Å². The van der Waals surface area contributed by atoms with Crippen molar-refractivity contribution in [2.75, 3.05) is 5.73 Å². The molecule has 0 spiro atoms. The first-order valence-corrected chi connectivity index (χ1v) is 5.88. The van der Waals surface area contributed by atoms with Crippen LogP contribution in [0, 0.1) is 0 Å². The first-order chi connectivity index (χ1) is 9.28. The van der Waals surface area contributed by atoms with Gasteiger partial charge in [-0.3, -0.25) is 0 Å². The molecule has 19 heavy (non-hydrogen) atoms. The van der Waals surface area contributed by atoms with Gasteiger partial charge in [-0.2, -0.15) is 0 Å². The van der Waals surface area contributed by atoms with Crippen LogP contribution in [0.2, 0.25) is 0 Å². The summed E-state index contributed by atoms with van der Waals surface area (Å²) in [7, 11) is 0. The average Bonchev–Trinajstić information content (AvgIpc) is 2.77. The lowest BCUT2D eigenvalue weighted by atomic mass is 10.3. The molecule has 2 aromatic heterocycles. The summed E-state index contributed by atoms with van der Waals surface area (Å²) >= 11 is 0. The summed E-state index contributed by atoms with van der Waals surface area (Å²) in [4.78, 5) is 12.5. The number of hydrogen-bond acceptors (Lipinski definition) is 5. The van der Waals surface area contributed by atoms with E-state index in [9.17, 15) is 5.11 Å². The highest BCUT2D eigenvalue weighted by Gasteiger charge is 2.10. The monoisotopic (exact) mass is 255 g/mol. The summed E-state index contributed by atoms with van der Waals surface area (Å²) in [6.07, 6.45) is 3.20. The fraction of sp³-hybridized carbons (Fsp3) is 0.154. The van der Waals surface area contributed by atoms with Gasteiger partial charge in [-0.25, -0.2) is 15.0 Å². The second-order valence-corrected chi connectivity index (χ2v) is 4.22. The molecule has 0 saturated heterocycles. The van der Waals surface area contributed by atoms with Gasteiger partial charge in [-0.15, -0.1) is 0 Å². The Bertz CT molecular complexity index is 708. The zero-order valence-electron chi connectivity index (χ0n) is 10.2. The molecular formula is C13H13N5O. The van der Waals surface area contributed by atoms with Gasteiger partial charge in [0, 0.05) is 11.9 Å². The van der Waals surface area contributed by atoms with Crippen LogP contribution < -0.4 is 5.73 Å². The predicted octanol–water partition coefficient (Wildman–Crippen LogP) is 0.949. The number of aliphatic hydroxyl groups excluding tert-OH is 1. The number of nitrogens with two attached hydrogens (primary N) is 1. The molecule has 3 N–H and O–H groups in total. The van der Waals surface area contributed by atoms with Crippen molar-refractivity contribution < 1.29 is 5.11 Å². The van der Waals surface area contributed by atoms with Gasteiger partial charge in [0.25, 0.3) is 0 Å². The van der Waals surface area contributed by atoms with E-state index in [-0.39, 0.29) is 6.61 Å². The van der Waals surface area contributed by atoms with Crippen LogP contribution in [-0.2, 0) is 13.2 Å². The third-order valence-electron chi connectivity index (χ3n) is 2.96.